The minimum atomic E-state index is -0.441. The summed E-state index contributed by atoms with van der Waals surface area (Å²) in [5, 5.41) is 11.6. The monoisotopic (exact) mass is 643 g/mol. The maximum atomic E-state index is 13.6. The molecule has 1 saturated heterocycles. The van der Waals surface area contributed by atoms with Gasteiger partial charge in [0.2, 0.25) is 0 Å². The number of nitrogens with zero attached hydrogens (tertiary/aromatic N) is 3. The van der Waals surface area contributed by atoms with Gasteiger partial charge in [-0.05, 0) is 80.3 Å². The fraction of sp³-hybridized carbons (Fsp3) is 0.125. The first-order chi connectivity index (χ1) is 20.4. The number of halogens is 1. The molecule has 0 radical (unpaired) electrons. The number of aliphatic imine (C=N–C) groups is 1. The van der Waals surface area contributed by atoms with Crippen LogP contribution in [0.2, 0.25) is 0 Å². The van der Waals surface area contributed by atoms with Crippen molar-refractivity contribution in [1.29, 1.82) is 0 Å². The van der Waals surface area contributed by atoms with E-state index in [0.717, 1.165) is 22.3 Å². The predicted octanol–water partition coefficient (Wildman–Crippen LogP) is 7.62. The van der Waals surface area contributed by atoms with Crippen LogP contribution in [0.4, 0.5) is 5.69 Å². The van der Waals surface area contributed by atoms with Crippen LogP contribution < -0.4 is 9.47 Å². The fourth-order valence-electron chi connectivity index (χ4n) is 4.26. The van der Waals surface area contributed by atoms with E-state index in [2.05, 4.69) is 15.9 Å². The van der Waals surface area contributed by atoms with Gasteiger partial charge in [-0.3, -0.25) is 24.8 Å². The zero-order chi connectivity index (χ0) is 29.5. The third-order valence-electron chi connectivity index (χ3n) is 6.39. The van der Waals surface area contributed by atoms with Gasteiger partial charge in [0.05, 0.1) is 34.5 Å². The van der Waals surface area contributed by atoms with Crippen molar-refractivity contribution in [3.8, 4) is 11.5 Å². The Labute approximate surface area is 256 Å². The van der Waals surface area contributed by atoms with E-state index in [-0.39, 0.29) is 18.2 Å². The van der Waals surface area contributed by atoms with Crippen LogP contribution in [0.25, 0.3) is 6.08 Å². The number of hydrogen-bond acceptors (Lipinski definition) is 7. The van der Waals surface area contributed by atoms with Crippen molar-refractivity contribution >= 4 is 50.5 Å². The van der Waals surface area contributed by atoms with Crippen LogP contribution >= 0.6 is 27.7 Å². The Hall–Kier alpha value is -4.41. The number of amides is 1. The third-order valence-corrected chi connectivity index (χ3v) is 8.02. The number of amidine groups is 1. The summed E-state index contributed by atoms with van der Waals surface area (Å²) in [5.41, 5.74) is 3.62. The SMILES string of the molecule is COc1cc(/C=C2\SC(=NCc3ccccc3)N(Cc3ccccc3)C2=O)cc(Br)c1OCc1ccc([N+](=O)[O-])cc1. The first-order valence-electron chi connectivity index (χ1n) is 13.0. The highest BCUT2D eigenvalue weighted by atomic mass is 79.9. The van der Waals surface area contributed by atoms with Gasteiger partial charge in [-0.15, -0.1) is 0 Å². The van der Waals surface area contributed by atoms with E-state index in [1.165, 1.54) is 23.9 Å². The Balaban J connectivity index is 1.38. The van der Waals surface area contributed by atoms with Crippen molar-refractivity contribution in [3.05, 3.63) is 139 Å². The number of carbonyl (C=O) groups excluding carboxylic acids is 1. The number of ether oxygens (including phenoxy) is 2. The number of hydrogen-bond donors (Lipinski definition) is 0. The van der Waals surface area contributed by atoms with Crippen LogP contribution in [-0.2, 0) is 24.5 Å². The molecule has 0 unspecified atom stereocenters. The zero-order valence-electron chi connectivity index (χ0n) is 22.6. The van der Waals surface area contributed by atoms with Crippen molar-refractivity contribution in [3.63, 3.8) is 0 Å². The molecule has 1 amide bonds. The Morgan fingerprint density at radius 1 is 0.952 bits per heavy atom. The lowest BCUT2D eigenvalue weighted by Gasteiger charge is -2.16. The quantitative estimate of drug-likeness (QED) is 0.100. The van der Waals surface area contributed by atoms with E-state index in [4.69, 9.17) is 14.5 Å². The Morgan fingerprint density at radius 3 is 2.26 bits per heavy atom. The fourth-order valence-corrected chi connectivity index (χ4v) is 5.81. The van der Waals surface area contributed by atoms with Gasteiger partial charge in [0, 0.05) is 12.1 Å². The summed E-state index contributed by atoms with van der Waals surface area (Å²) < 4.78 is 12.3. The number of nitro groups is 1. The first kappa shape index (κ1) is 29.1. The lowest BCUT2D eigenvalue weighted by molar-refractivity contribution is -0.384. The molecule has 5 rings (SSSR count). The van der Waals surface area contributed by atoms with E-state index in [1.54, 1.807) is 30.2 Å². The molecule has 0 aliphatic carbocycles. The summed E-state index contributed by atoms with van der Waals surface area (Å²) in [6.45, 7) is 1.08. The van der Waals surface area contributed by atoms with Gasteiger partial charge < -0.3 is 9.47 Å². The molecule has 4 aromatic carbocycles. The highest BCUT2D eigenvalue weighted by Crippen LogP contribution is 2.40. The smallest absolute Gasteiger partial charge is 0.269 e. The van der Waals surface area contributed by atoms with E-state index in [9.17, 15) is 14.9 Å². The summed E-state index contributed by atoms with van der Waals surface area (Å²) in [6.07, 6.45) is 1.82. The average Bonchev–Trinajstić information content (AvgIpc) is 3.29. The highest BCUT2D eigenvalue weighted by Gasteiger charge is 2.33. The van der Waals surface area contributed by atoms with Crippen LogP contribution in [0.3, 0.4) is 0 Å². The summed E-state index contributed by atoms with van der Waals surface area (Å²) in [6, 6.07) is 29.6. The second-order valence-electron chi connectivity index (χ2n) is 9.32. The number of methoxy groups -OCH3 is 1. The zero-order valence-corrected chi connectivity index (χ0v) is 25.0. The molecule has 212 valence electrons. The second-order valence-corrected chi connectivity index (χ2v) is 11.2. The van der Waals surface area contributed by atoms with Crippen LogP contribution in [0, 0.1) is 10.1 Å². The van der Waals surface area contributed by atoms with Crippen LogP contribution in [0.15, 0.2) is 111 Å². The van der Waals surface area contributed by atoms with E-state index in [1.807, 2.05) is 72.8 Å². The maximum absolute atomic E-state index is 13.6. The summed E-state index contributed by atoms with van der Waals surface area (Å²) in [4.78, 5) is 31.2. The molecule has 42 heavy (non-hydrogen) atoms. The number of non-ortho nitro benzene ring substituents is 1. The summed E-state index contributed by atoms with van der Waals surface area (Å²) >= 11 is 4.92. The first-order valence-corrected chi connectivity index (χ1v) is 14.6. The van der Waals surface area contributed by atoms with Crippen molar-refractivity contribution in [2.24, 2.45) is 4.99 Å². The van der Waals surface area contributed by atoms with Gasteiger partial charge in [-0.1, -0.05) is 60.7 Å². The van der Waals surface area contributed by atoms with Gasteiger partial charge in [-0.25, -0.2) is 0 Å². The second kappa shape index (κ2) is 13.5. The molecule has 1 fully saturated rings. The molecule has 10 heteroatoms. The number of nitro benzene ring substituents is 1. The Morgan fingerprint density at radius 2 is 1.62 bits per heavy atom. The van der Waals surface area contributed by atoms with Gasteiger partial charge in [0.1, 0.15) is 6.61 Å². The molecule has 0 saturated carbocycles. The van der Waals surface area contributed by atoms with Crippen molar-refractivity contribution in [2.75, 3.05) is 7.11 Å². The van der Waals surface area contributed by atoms with Crippen molar-refractivity contribution < 1.29 is 19.2 Å². The minimum Gasteiger partial charge on any atom is -0.493 e. The molecule has 1 aliphatic heterocycles. The molecule has 0 spiro atoms. The molecule has 0 atom stereocenters. The molecular formula is C32H26BrN3O5S. The average molecular weight is 645 g/mol. The molecule has 1 aliphatic rings. The molecule has 1 heterocycles. The summed E-state index contributed by atoms with van der Waals surface area (Å²) in [5.74, 6) is 0.844. The Kier molecular flexibility index (Phi) is 9.35. The molecule has 0 aromatic heterocycles. The number of thioether (sulfide) groups is 1. The van der Waals surface area contributed by atoms with Gasteiger partial charge in [0.15, 0.2) is 16.7 Å². The van der Waals surface area contributed by atoms with E-state index < -0.39 is 4.92 Å². The van der Waals surface area contributed by atoms with Crippen LogP contribution in [-0.4, -0.2) is 28.0 Å². The van der Waals surface area contributed by atoms with Crippen molar-refractivity contribution in [2.45, 2.75) is 19.7 Å². The Bertz CT molecular complexity index is 1640. The normalized spacial score (nSPS) is 14.9. The van der Waals surface area contributed by atoms with Gasteiger partial charge in [-0.2, -0.15) is 0 Å². The highest BCUT2D eigenvalue weighted by molar-refractivity contribution is 9.10. The van der Waals surface area contributed by atoms with E-state index >= 15 is 0 Å². The minimum absolute atomic E-state index is 0.0184. The predicted molar refractivity (Wildman–Crippen MR) is 168 cm³/mol. The number of rotatable bonds is 10. The van der Waals surface area contributed by atoms with E-state index in [0.29, 0.717) is 39.1 Å². The van der Waals surface area contributed by atoms with Crippen molar-refractivity contribution in [1.82, 2.24) is 4.90 Å². The molecule has 0 bridgehead atoms. The topological polar surface area (TPSA) is 94.3 Å². The van der Waals surface area contributed by atoms with Gasteiger partial charge in [0.25, 0.3) is 11.6 Å². The van der Waals surface area contributed by atoms with Gasteiger partial charge >= 0.3 is 0 Å². The van der Waals surface area contributed by atoms with Crippen LogP contribution in [0.5, 0.6) is 11.5 Å². The standard InChI is InChI=1S/C32H26BrN3O5S/c1-40-28-17-25(16-27(33)30(28)41-21-24-12-14-26(15-13-24)36(38)39)18-29-31(37)35(20-23-10-6-3-7-11-23)32(42-29)34-19-22-8-4-2-5-9-22/h2-18H,19-21H2,1H3/b29-18-,34-32?. The number of carbonyl (C=O) groups is 1. The molecule has 8 nitrogen and oxygen atoms in total. The lowest BCUT2D eigenvalue weighted by Crippen LogP contribution is -2.28. The molecular weight excluding hydrogens is 618 g/mol. The maximum Gasteiger partial charge on any atom is 0.269 e. The van der Waals surface area contributed by atoms with Crippen LogP contribution in [0.1, 0.15) is 22.3 Å². The largest absolute Gasteiger partial charge is 0.493 e. The molecule has 0 N–H and O–H groups in total. The third kappa shape index (κ3) is 7.07. The number of benzene rings is 4. The summed E-state index contributed by atoms with van der Waals surface area (Å²) in [7, 11) is 1.54. The lowest BCUT2D eigenvalue weighted by atomic mass is 10.1. The molecule has 4 aromatic rings.